The van der Waals surface area contributed by atoms with Crippen molar-refractivity contribution in [1.82, 2.24) is 29.7 Å². The van der Waals surface area contributed by atoms with Crippen molar-refractivity contribution in [2.45, 2.75) is 85.0 Å². The van der Waals surface area contributed by atoms with Crippen molar-refractivity contribution in [3.05, 3.63) is 19.0 Å². The molecule has 0 radical (unpaired) electrons. The molecule has 2 aromatic rings. The monoisotopic (exact) mass is 582 g/mol. The van der Waals surface area contributed by atoms with E-state index in [-0.39, 0.29) is 31.0 Å². The smallest absolute Gasteiger partial charge is 0.323 e. The van der Waals surface area contributed by atoms with Crippen molar-refractivity contribution in [1.29, 1.82) is 0 Å². The molecular weight excluding hydrogens is 535 g/mol. The van der Waals surface area contributed by atoms with E-state index in [2.05, 4.69) is 43.9 Å². The molecule has 0 spiro atoms. The Balaban J connectivity index is 2.06. The number of anilines is 2. The zero-order valence-corrected chi connectivity index (χ0v) is 25.4. The van der Waals surface area contributed by atoms with E-state index in [4.69, 9.17) is 19.9 Å². The van der Waals surface area contributed by atoms with Crippen molar-refractivity contribution >= 4 is 36.3 Å². The number of imidazole rings is 1. The Morgan fingerprint density at radius 2 is 1.88 bits per heavy atom. The first-order chi connectivity index (χ1) is 19.1. The molecule has 2 heterocycles. The molecular formula is C26H47N8O5P. The number of fused-ring (bicyclic) bond motifs is 1. The number of nitrogen functional groups attached to an aromatic ring is 1. The van der Waals surface area contributed by atoms with Crippen LogP contribution in [0.2, 0.25) is 0 Å². The summed E-state index contributed by atoms with van der Waals surface area (Å²) < 4.78 is 32.8. The van der Waals surface area contributed by atoms with Gasteiger partial charge in [0.2, 0.25) is 13.4 Å². The van der Waals surface area contributed by atoms with Gasteiger partial charge in [-0.2, -0.15) is 9.97 Å². The number of nitrogens with zero attached hydrogens (tertiary/aromatic N) is 4. The van der Waals surface area contributed by atoms with Crippen LogP contribution in [0.15, 0.2) is 19.0 Å². The van der Waals surface area contributed by atoms with Gasteiger partial charge in [0, 0.05) is 25.7 Å². The van der Waals surface area contributed by atoms with Crippen LogP contribution in [0.5, 0.6) is 0 Å². The number of aromatic nitrogens is 4. The summed E-state index contributed by atoms with van der Waals surface area (Å²) in [5.41, 5.74) is 7.02. The Bertz CT molecular complexity index is 1110. The van der Waals surface area contributed by atoms with Gasteiger partial charge in [0.1, 0.15) is 12.4 Å². The summed E-state index contributed by atoms with van der Waals surface area (Å²) in [5.74, 6) is 0.172. The van der Waals surface area contributed by atoms with E-state index in [1.54, 1.807) is 23.9 Å². The number of rotatable bonds is 21. The molecule has 226 valence electrons. The van der Waals surface area contributed by atoms with Gasteiger partial charge >= 0.3 is 5.97 Å². The molecule has 13 nitrogen and oxygen atoms in total. The minimum Gasteiger partial charge on any atom is -0.465 e. The molecule has 0 saturated heterocycles. The average molecular weight is 583 g/mol. The lowest BCUT2D eigenvalue weighted by atomic mass is 10.2. The summed E-state index contributed by atoms with van der Waals surface area (Å²) in [7, 11) is -3.39. The van der Waals surface area contributed by atoms with E-state index in [0.717, 1.165) is 25.7 Å². The Hall–Kier alpha value is -2.57. The van der Waals surface area contributed by atoms with Crippen LogP contribution in [0.1, 0.15) is 60.3 Å². The Labute approximate surface area is 237 Å². The molecule has 5 N–H and O–H groups in total. The SMILES string of the molecule is C=CCNc1nc(N)nc2c1ncn2CCOCP(=O)(NC(C)C(=O)OCCCC)NC(C)C(C)OCCCC. The van der Waals surface area contributed by atoms with E-state index in [0.29, 0.717) is 43.3 Å². The third kappa shape index (κ3) is 10.8. The number of ether oxygens (including phenoxy) is 3. The molecule has 0 aliphatic heterocycles. The predicted octanol–water partition coefficient (Wildman–Crippen LogP) is 3.68. The standard InChI is InChI=1S/C26H47N8O5P/c1-7-10-14-38-21(6)19(4)32-40(36,33-20(5)25(35)39-15-11-8-2)18-37-16-13-34-17-29-22-23(28-12-9-3)30-26(27)31-24(22)34/h9,17,19-21H,3,7-8,10-16,18H2,1-2,4-6H3,(H2,32,33,36)(H3,27,28,30,31). The number of hydrogen-bond donors (Lipinski definition) is 4. The van der Waals surface area contributed by atoms with E-state index in [1.807, 2.05) is 20.8 Å². The van der Waals surface area contributed by atoms with Gasteiger partial charge in [0.05, 0.1) is 25.6 Å². The van der Waals surface area contributed by atoms with Gasteiger partial charge in [-0.25, -0.2) is 15.2 Å². The highest BCUT2D eigenvalue weighted by molar-refractivity contribution is 7.59. The van der Waals surface area contributed by atoms with Gasteiger partial charge in [-0.3, -0.25) is 9.36 Å². The third-order valence-corrected chi connectivity index (χ3v) is 8.31. The normalized spacial score (nSPS) is 15.3. The number of esters is 1. The molecule has 40 heavy (non-hydrogen) atoms. The maximum Gasteiger partial charge on any atom is 0.323 e. The summed E-state index contributed by atoms with van der Waals surface area (Å²) in [4.78, 5) is 25.4. The van der Waals surface area contributed by atoms with Crippen LogP contribution in [-0.4, -0.2) is 76.4 Å². The van der Waals surface area contributed by atoms with Crippen LogP contribution in [0.4, 0.5) is 11.8 Å². The molecule has 2 rings (SSSR count). The molecule has 0 aromatic carbocycles. The molecule has 2 aromatic heterocycles. The second-order valence-corrected chi connectivity index (χ2v) is 12.0. The third-order valence-electron chi connectivity index (χ3n) is 6.14. The lowest BCUT2D eigenvalue weighted by molar-refractivity contribution is -0.145. The first-order valence-electron chi connectivity index (χ1n) is 14.0. The second kappa shape index (κ2) is 17.3. The van der Waals surface area contributed by atoms with Crippen molar-refractivity contribution in [3.63, 3.8) is 0 Å². The zero-order valence-electron chi connectivity index (χ0n) is 24.5. The van der Waals surface area contributed by atoms with Gasteiger partial charge < -0.3 is 29.8 Å². The maximum atomic E-state index is 14.0. The maximum absolute atomic E-state index is 14.0. The average Bonchev–Trinajstić information content (AvgIpc) is 3.32. The van der Waals surface area contributed by atoms with Crippen LogP contribution in [0, 0.1) is 0 Å². The number of nitrogens with one attached hydrogen (secondary N) is 3. The number of unbranched alkanes of at least 4 members (excludes halogenated alkanes) is 2. The van der Waals surface area contributed by atoms with Gasteiger partial charge in [-0.15, -0.1) is 6.58 Å². The highest BCUT2D eigenvalue weighted by Gasteiger charge is 2.31. The van der Waals surface area contributed by atoms with Gasteiger partial charge in [0.25, 0.3) is 0 Å². The van der Waals surface area contributed by atoms with Gasteiger partial charge in [0.15, 0.2) is 17.0 Å². The number of hydrogen-bond acceptors (Lipinski definition) is 10. The van der Waals surface area contributed by atoms with Crippen LogP contribution in [0.3, 0.4) is 0 Å². The molecule has 0 aliphatic rings. The molecule has 0 aliphatic carbocycles. The van der Waals surface area contributed by atoms with E-state index >= 15 is 0 Å². The summed E-state index contributed by atoms with van der Waals surface area (Å²) in [6.07, 6.45) is 6.64. The van der Waals surface area contributed by atoms with E-state index in [9.17, 15) is 9.36 Å². The van der Waals surface area contributed by atoms with Crippen molar-refractivity contribution < 1.29 is 23.6 Å². The molecule has 0 saturated carbocycles. The fourth-order valence-electron chi connectivity index (χ4n) is 3.68. The Kier molecular flexibility index (Phi) is 14.5. The fourth-order valence-corrected chi connectivity index (χ4v) is 5.89. The lowest BCUT2D eigenvalue weighted by Crippen LogP contribution is -2.43. The van der Waals surface area contributed by atoms with Crippen LogP contribution < -0.4 is 21.2 Å². The molecule has 0 fully saturated rings. The number of carbonyl (C=O) groups is 1. The summed E-state index contributed by atoms with van der Waals surface area (Å²) in [6, 6.07) is -1.05. The highest BCUT2D eigenvalue weighted by Crippen LogP contribution is 2.38. The highest BCUT2D eigenvalue weighted by atomic mass is 31.2. The van der Waals surface area contributed by atoms with E-state index < -0.39 is 19.5 Å². The van der Waals surface area contributed by atoms with Crippen LogP contribution >= 0.6 is 7.44 Å². The first-order valence-corrected chi connectivity index (χ1v) is 15.9. The minimum absolute atomic E-state index is 0.115. The molecule has 4 atom stereocenters. The lowest BCUT2D eigenvalue weighted by Gasteiger charge is -2.29. The number of carbonyl (C=O) groups excluding carboxylic acids is 1. The Morgan fingerprint density at radius 3 is 2.58 bits per heavy atom. The summed E-state index contributed by atoms with van der Waals surface area (Å²) in [6.45, 7) is 15.3. The zero-order chi connectivity index (χ0) is 29.5. The molecule has 4 unspecified atom stereocenters. The summed E-state index contributed by atoms with van der Waals surface area (Å²) >= 11 is 0. The predicted molar refractivity (Wildman–Crippen MR) is 158 cm³/mol. The minimum atomic E-state index is -3.39. The van der Waals surface area contributed by atoms with Crippen LogP contribution in [-0.2, 0) is 30.1 Å². The molecule has 14 heteroatoms. The second-order valence-electron chi connectivity index (χ2n) is 9.71. The quantitative estimate of drug-likeness (QED) is 0.0730. The molecule has 0 amide bonds. The van der Waals surface area contributed by atoms with Crippen molar-refractivity contribution in [2.75, 3.05) is 43.8 Å². The molecule has 0 bridgehead atoms. The number of nitrogens with two attached hydrogens (primary N) is 1. The summed E-state index contributed by atoms with van der Waals surface area (Å²) in [5, 5.41) is 9.20. The topological polar surface area (TPSA) is 168 Å². The van der Waals surface area contributed by atoms with Gasteiger partial charge in [-0.05, 0) is 33.6 Å². The van der Waals surface area contributed by atoms with Crippen molar-refractivity contribution in [2.24, 2.45) is 0 Å². The largest absolute Gasteiger partial charge is 0.465 e. The van der Waals surface area contributed by atoms with Crippen LogP contribution in [0.25, 0.3) is 11.2 Å². The fraction of sp³-hybridized carbons (Fsp3) is 0.692. The van der Waals surface area contributed by atoms with Crippen molar-refractivity contribution in [3.8, 4) is 0 Å². The van der Waals surface area contributed by atoms with E-state index in [1.165, 1.54) is 0 Å². The van der Waals surface area contributed by atoms with Gasteiger partial charge in [-0.1, -0.05) is 32.8 Å². The first kappa shape index (κ1) is 33.6. The Morgan fingerprint density at radius 1 is 1.15 bits per heavy atom.